The summed E-state index contributed by atoms with van der Waals surface area (Å²) in [6.45, 7) is 0.744. The van der Waals surface area contributed by atoms with E-state index in [0.717, 1.165) is 5.56 Å². The highest BCUT2D eigenvalue weighted by atomic mass is 32.1. The number of carbonyl (C=O) groups excluding carboxylic acids is 1. The Labute approximate surface area is 167 Å². The lowest BCUT2D eigenvalue weighted by Crippen LogP contribution is -2.48. The summed E-state index contributed by atoms with van der Waals surface area (Å²) in [4.78, 5) is 23.3. The average Bonchev–Trinajstić information content (AvgIpc) is 3.15. The number of nitrogens with zero attached hydrogens (tertiary/aromatic N) is 5. The molecule has 0 bridgehead atoms. The minimum atomic E-state index is -0.497. The fourth-order valence-electron chi connectivity index (χ4n) is 2.90. The number of aromatic nitrogens is 4. The van der Waals surface area contributed by atoms with Gasteiger partial charge < -0.3 is 15.0 Å². The van der Waals surface area contributed by atoms with Crippen LogP contribution < -0.4 is 15.0 Å². The lowest BCUT2D eigenvalue weighted by Gasteiger charge is -2.22. The zero-order chi connectivity index (χ0) is 19.5. The van der Waals surface area contributed by atoms with Crippen molar-refractivity contribution in [1.82, 2.24) is 25.1 Å². The van der Waals surface area contributed by atoms with Gasteiger partial charge in [0.25, 0.3) is 5.91 Å². The molecular formula is C19H18N6O2S. The molecule has 28 heavy (non-hydrogen) atoms. The molecule has 4 rings (SSSR count). The van der Waals surface area contributed by atoms with Gasteiger partial charge in [0.1, 0.15) is 24.0 Å². The van der Waals surface area contributed by atoms with Crippen molar-refractivity contribution in [3.8, 4) is 5.75 Å². The van der Waals surface area contributed by atoms with E-state index in [1.54, 1.807) is 28.9 Å². The first kappa shape index (κ1) is 18.1. The second kappa shape index (κ2) is 7.73. The highest BCUT2D eigenvalue weighted by molar-refractivity contribution is 7.80. The number of carbonyl (C=O) groups is 1. The molecule has 2 aromatic heterocycles. The third kappa shape index (κ3) is 3.70. The van der Waals surface area contributed by atoms with E-state index in [0.29, 0.717) is 23.1 Å². The predicted molar refractivity (Wildman–Crippen MR) is 108 cm³/mol. The lowest BCUT2D eigenvalue weighted by molar-refractivity contribution is 0.0927. The molecule has 0 fully saturated rings. The molecule has 1 aromatic carbocycles. The Balaban J connectivity index is 1.45. The quantitative estimate of drug-likeness (QED) is 0.674. The Morgan fingerprint density at radius 1 is 1.25 bits per heavy atom. The Bertz CT molecular complexity index is 1010. The number of rotatable bonds is 4. The second-order valence-corrected chi connectivity index (χ2v) is 6.73. The van der Waals surface area contributed by atoms with Crippen LogP contribution in [0, 0.1) is 0 Å². The first-order valence-electron chi connectivity index (χ1n) is 8.71. The van der Waals surface area contributed by atoms with Crippen molar-refractivity contribution in [2.75, 3.05) is 18.6 Å². The third-order valence-electron chi connectivity index (χ3n) is 4.34. The van der Waals surface area contributed by atoms with Gasteiger partial charge in [-0.3, -0.25) is 4.79 Å². The van der Waals surface area contributed by atoms with E-state index in [9.17, 15) is 4.79 Å². The van der Waals surface area contributed by atoms with Crippen molar-refractivity contribution in [2.45, 2.75) is 12.6 Å². The first-order valence-corrected chi connectivity index (χ1v) is 9.12. The Hall–Kier alpha value is -3.33. The van der Waals surface area contributed by atoms with Crippen LogP contribution in [0.15, 0.2) is 55.0 Å². The van der Waals surface area contributed by atoms with Crippen molar-refractivity contribution >= 4 is 28.9 Å². The van der Waals surface area contributed by atoms with Crippen molar-refractivity contribution < 1.29 is 9.53 Å². The van der Waals surface area contributed by atoms with Crippen LogP contribution in [-0.2, 0) is 6.54 Å². The van der Waals surface area contributed by atoms with Gasteiger partial charge in [0.05, 0.1) is 6.54 Å². The van der Waals surface area contributed by atoms with Crippen LogP contribution in [0.3, 0.4) is 0 Å². The zero-order valence-electron chi connectivity index (χ0n) is 15.1. The second-order valence-electron chi connectivity index (χ2n) is 6.31. The number of fused-ring (bicyclic) bond motifs is 1. The predicted octanol–water partition coefficient (Wildman–Crippen LogP) is 1.68. The topological polar surface area (TPSA) is 85.2 Å². The van der Waals surface area contributed by atoms with E-state index >= 15 is 0 Å². The molecule has 3 aromatic rings. The molecule has 1 atom stereocenters. The van der Waals surface area contributed by atoms with Crippen LogP contribution in [0.5, 0.6) is 5.75 Å². The minimum absolute atomic E-state index is 0.0845. The number of thiocarbonyl (C=S) groups is 1. The molecule has 142 valence electrons. The third-order valence-corrected chi connectivity index (χ3v) is 4.89. The largest absolute Gasteiger partial charge is 0.487 e. The van der Waals surface area contributed by atoms with Crippen LogP contribution in [0.2, 0.25) is 0 Å². The Kier molecular flexibility index (Phi) is 4.98. The van der Waals surface area contributed by atoms with Gasteiger partial charge in [-0.25, -0.2) is 14.6 Å². The summed E-state index contributed by atoms with van der Waals surface area (Å²) in [7, 11) is 1.80. The molecule has 1 N–H and O–H groups in total. The fourth-order valence-corrected chi connectivity index (χ4v) is 3.11. The number of nitrogens with one attached hydrogen (secondary N) is 1. The summed E-state index contributed by atoms with van der Waals surface area (Å²) in [6, 6.07) is 13.0. The number of likely N-dealkylation sites (N-methyl/N-ethyl adjacent to an activating group) is 1. The zero-order valence-corrected chi connectivity index (χ0v) is 16.0. The van der Waals surface area contributed by atoms with Crippen molar-refractivity contribution in [2.24, 2.45) is 0 Å². The van der Waals surface area contributed by atoms with E-state index in [2.05, 4.69) is 20.4 Å². The minimum Gasteiger partial charge on any atom is -0.487 e. The molecule has 0 saturated heterocycles. The molecule has 1 amide bonds. The maximum atomic E-state index is 12.6. The van der Waals surface area contributed by atoms with Gasteiger partial charge in [-0.05, 0) is 17.7 Å². The fraction of sp³-hybridized carbons (Fsp3) is 0.211. The van der Waals surface area contributed by atoms with E-state index in [1.165, 1.54) is 6.33 Å². The van der Waals surface area contributed by atoms with Crippen LogP contribution in [0.1, 0.15) is 16.2 Å². The van der Waals surface area contributed by atoms with Gasteiger partial charge >= 0.3 is 0 Å². The molecule has 0 spiro atoms. The number of ether oxygens (including phenoxy) is 1. The smallest absolute Gasteiger partial charge is 0.291 e. The molecular weight excluding hydrogens is 376 g/mol. The molecule has 1 aliphatic heterocycles. The molecule has 9 heteroatoms. The normalized spacial score (nSPS) is 16.1. The number of hydrogen-bond donors (Lipinski definition) is 1. The lowest BCUT2D eigenvalue weighted by atomic mass is 10.2. The van der Waals surface area contributed by atoms with Gasteiger partial charge in [-0.1, -0.05) is 42.5 Å². The molecule has 0 radical (unpaired) electrons. The highest BCUT2D eigenvalue weighted by Crippen LogP contribution is 2.27. The van der Waals surface area contributed by atoms with E-state index in [-0.39, 0.29) is 12.4 Å². The molecule has 1 unspecified atom stereocenters. The molecule has 8 nitrogen and oxygen atoms in total. The van der Waals surface area contributed by atoms with Crippen LogP contribution in [0.4, 0.5) is 5.82 Å². The SMILES string of the molecule is CN1C(=S)C(NC(=O)c2ncn(Cc3ccccc3)n2)COc2cccnc21. The molecule has 0 saturated carbocycles. The van der Waals surface area contributed by atoms with Gasteiger partial charge in [0.2, 0.25) is 5.82 Å². The standard InChI is InChI=1S/C19H18N6O2S/c1-24-17-15(8-5-9-20-17)27-11-14(19(24)28)22-18(26)16-21-12-25(23-16)10-13-6-3-2-4-7-13/h2-9,12,14H,10-11H2,1H3,(H,22,26). The summed E-state index contributed by atoms with van der Waals surface area (Å²) in [5.41, 5.74) is 1.07. The summed E-state index contributed by atoms with van der Waals surface area (Å²) >= 11 is 5.52. The molecule has 0 aliphatic carbocycles. The number of anilines is 1. The van der Waals surface area contributed by atoms with Gasteiger partial charge in [-0.15, -0.1) is 5.10 Å². The highest BCUT2D eigenvalue weighted by Gasteiger charge is 2.29. The maximum absolute atomic E-state index is 12.6. The molecule has 3 heterocycles. The van der Waals surface area contributed by atoms with Crippen LogP contribution in [-0.4, -0.2) is 50.3 Å². The number of pyridine rings is 1. The van der Waals surface area contributed by atoms with Crippen LogP contribution >= 0.6 is 12.2 Å². The van der Waals surface area contributed by atoms with Crippen molar-refractivity contribution in [3.63, 3.8) is 0 Å². The first-order chi connectivity index (χ1) is 13.6. The average molecular weight is 394 g/mol. The van der Waals surface area contributed by atoms with Crippen molar-refractivity contribution in [1.29, 1.82) is 0 Å². The molecule has 1 aliphatic rings. The van der Waals surface area contributed by atoms with E-state index in [4.69, 9.17) is 17.0 Å². The number of amides is 1. The summed E-state index contributed by atoms with van der Waals surface area (Å²) < 4.78 is 7.39. The number of benzene rings is 1. The summed E-state index contributed by atoms with van der Waals surface area (Å²) in [5, 5.41) is 7.12. The van der Waals surface area contributed by atoms with Crippen molar-refractivity contribution in [3.05, 3.63) is 66.4 Å². The van der Waals surface area contributed by atoms with Gasteiger partial charge in [-0.2, -0.15) is 0 Å². The maximum Gasteiger partial charge on any atom is 0.291 e. The van der Waals surface area contributed by atoms with Crippen LogP contribution in [0.25, 0.3) is 0 Å². The Morgan fingerprint density at radius 3 is 2.89 bits per heavy atom. The van der Waals surface area contributed by atoms with Gasteiger partial charge in [0.15, 0.2) is 11.6 Å². The van der Waals surface area contributed by atoms with E-state index in [1.807, 2.05) is 36.4 Å². The number of hydrogen-bond acceptors (Lipinski definition) is 6. The van der Waals surface area contributed by atoms with E-state index < -0.39 is 11.9 Å². The Morgan fingerprint density at radius 2 is 2.07 bits per heavy atom. The van der Waals surface area contributed by atoms with Gasteiger partial charge in [0, 0.05) is 13.2 Å². The summed E-state index contributed by atoms with van der Waals surface area (Å²) in [5.74, 6) is 0.917. The monoisotopic (exact) mass is 394 g/mol. The summed E-state index contributed by atoms with van der Waals surface area (Å²) in [6.07, 6.45) is 3.21.